The first-order valence-electron chi connectivity index (χ1n) is 9.09. The van der Waals surface area contributed by atoms with Crippen molar-refractivity contribution in [3.8, 4) is 0 Å². The van der Waals surface area contributed by atoms with Gasteiger partial charge >= 0.3 is 0 Å². The smallest absolute Gasteiger partial charge is 0.188 e. The molecule has 5 nitrogen and oxygen atoms in total. The highest BCUT2D eigenvalue weighted by molar-refractivity contribution is 5.80. The lowest BCUT2D eigenvalue weighted by Crippen LogP contribution is -2.36. The molecule has 1 aromatic heterocycles. The van der Waals surface area contributed by atoms with E-state index in [-0.39, 0.29) is 0 Å². The van der Waals surface area contributed by atoms with E-state index < -0.39 is 0 Å². The number of nitrogens with zero attached hydrogens (tertiary/aromatic N) is 3. The zero-order valence-electron chi connectivity index (χ0n) is 14.6. The van der Waals surface area contributed by atoms with E-state index in [4.69, 9.17) is 5.73 Å². The van der Waals surface area contributed by atoms with Gasteiger partial charge < -0.3 is 15.6 Å². The summed E-state index contributed by atoms with van der Waals surface area (Å²) in [6.45, 7) is 7.18. The summed E-state index contributed by atoms with van der Waals surface area (Å²) in [6, 6.07) is 11.2. The number of likely N-dealkylation sites (tertiary alicyclic amines) is 1. The molecule has 0 aliphatic carbocycles. The molecule has 3 rings (SSSR count). The Kier molecular flexibility index (Phi) is 5.75. The first-order valence-corrected chi connectivity index (χ1v) is 9.09. The van der Waals surface area contributed by atoms with E-state index in [2.05, 4.69) is 63.2 Å². The van der Waals surface area contributed by atoms with Crippen molar-refractivity contribution in [1.82, 2.24) is 14.8 Å². The van der Waals surface area contributed by atoms with Crippen LogP contribution < -0.4 is 11.1 Å². The fraction of sp³-hybridized carbons (Fsp3) is 0.526. The van der Waals surface area contributed by atoms with Gasteiger partial charge in [0.25, 0.3) is 0 Å². The van der Waals surface area contributed by atoms with Crippen LogP contribution in [0.1, 0.15) is 26.2 Å². The van der Waals surface area contributed by atoms with Gasteiger partial charge in [-0.2, -0.15) is 0 Å². The third-order valence-electron chi connectivity index (χ3n) is 4.94. The molecule has 1 aliphatic rings. The van der Waals surface area contributed by atoms with Gasteiger partial charge in [0.1, 0.15) is 0 Å². The van der Waals surface area contributed by atoms with Gasteiger partial charge in [-0.25, -0.2) is 0 Å². The second-order valence-electron chi connectivity index (χ2n) is 6.50. The first kappa shape index (κ1) is 16.8. The Morgan fingerprint density at radius 1 is 1.33 bits per heavy atom. The molecule has 0 saturated carbocycles. The molecule has 1 unspecified atom stereocenters. The highest BCUT2D eigenvalue weighted by Crippen LogP contribution is 2.16. The molecule has 24 heavy (non-hydrogen) atoms. The number of nitrogens with two attached hydrogens (primary N) is 1. The van der Waals surface area contributed by atoms with Gasteiger partial charge in [0.05, 0.1) is 6.54 Å². The molecule has 0 radical (unpaired) electrons. The number of rotatable bonds is 7. The van der Waals surface area contributed by atoms with Gasteiger partial charge in [0.15, 0.2) is 5.96 Å². The Balaban J connectivity index is 1.40. The SMILES string of the molecule is CCN1CCCC1CN=C(N)NCCCn1ccc2ccccc21. The minimum absolute atomic E-state index is 0.571. The fourth-order valence-corrected chi connectivity index (χ4v) is 3.58. The number of guanidine groups is 1. The van der Waals surface area contributed by atoms with Crippen LogP contribution >= 0.6 is 0 Å². The van der Waals surface area contributed by atoms with Crippen molar-refractivity contribution < 1.29 is 0 Å². The highest BCUT2D eigenvalue weighted by Gasteiger charge is 2.22. The molecule has 130 valence electrons. The molecule has 2 aromatic rings. The van der Waals surface area contributed by atoms with Crippen molar-refractivity contribution in [1.29, 1.82) is 0 Å². The van der Waals surface area contributed by atoms with Crippen molar-refractivity contribution in [3.63, 3.8) is 0 Å². The van der Waals surface area contributed by atoms with Crippen LogP contribution in [0.4, 0.5) is 0 Å². The molecule has 1 aliphatic heterocycles. The first-order chi connectivity index (χ1) is 11.8. The number of fused-ring (bicyclic) bond motifs is 1. The Hall–Kier alpha value is -2.01. The van der Waals surface area contributed by atoms with E-state index in [0.29, 0.717) is 12.0 Å². The van der Waals surface area contributed by atoms with Gasteiger partial charge in [-0.3, -0.25) is 9.89 Å². The largest absolute Gasteiger partial charge is 0.370 e. The number of aliphatic imine (C=N–C) groups is 1. The molecule has 2 heterocycles. The van der Waals surface area contributed by atoms with E-state index in [0.717, 1.165) is 32.6 Å². The molecule has 0 amide bonds. The Labute approximate surface area is 144 Å². The number of likely N-dealkylation sites (N-methyl/N-ethyl adjacent to an activating group) is 1. The number of para-hydroxylation sites is 1. The molecule has 3 N–H and O–H groups in total. The summed E-state index contributed by atoms with van der Waals surface area (Å²) in [5.41, 5.74) is 7.29. The molecule has 1 aromatic carbocycles. The number of hydrogen-bond acceptors (Lipinski definition) is 2. The van der Waals surface area contributed by atoms with E-state index in [1.165, 1.54) is 30.3 Å². The van der Waals surface area contributed by atoms with Crippen LogP contribution in [0.3, 0.4) is 0 Å². The van der Waals surface area contributed by atoms with Crippen molar-refractivity contribution in [2.24, 2.45) is 10.7 Å². The summed E-state index contributed by atoms with van der Waals surface area (Å²) in [4.78, 5) is 7.02. The molecule has 0 spiro atoms. The maximum atomic E-state index is 6.00. The average molecular weight is 327 g/mol. The average Bonchev–Trinajstić information content (AvgIpc) is 3.23. The number of hydrogen-bond donors (Lipinski definition) is 2. The van der Waals surface area contributed by atoms with E-state index in [1.807, 2.05) is 0 Å². The quantitative estimate of drug-likeness (QED) is 0.466. The lowest BCUT2D eigenvalue weighted by molar-refractivity contribution is 0.273. The number of aryl methyl sites for hydroxylation is 1. The van der Waals surface area contributed by atoms with Crippen LogP contribution in [0.25, 0.3) is 10.9 Å². The summed E-state index contributed by atoms with van der Waals surface area (Å²) in [6.07, 6.45) is 5.71. The summed E-state index contributed by atoms with van der Waals surface area (Å²) in [5, 5.41) is 4.54. The van der Waals surface area contributed by atoms with Crippen LogP contribution in [0.15, 0.2) is 41.5 Å². The van der Waals surface area contributed by atoms with Crippen molar-refractivity contribution in [2.75, 3.05) is 26.2 Å². The standard InChI is InChI=1S/C19H29N5/c1-2-23-12-5-8-17(23)15-22-19(20)21-11-6-13-24-14-10-16-7-3-4-9-18(16)24/h3-4,7,9-10,14,17H,2,5-6,8,11-13,15H2,1H3,(H3,20,21,22). The Morgan fingerprint density at radius 2 is 2.21 bits per heavy atom. The number of benzene rings is 1. The number of aromatic nitrogens is 1. The maximum Gasteiger partial charge on any atom is 0.188 e. The minimum Gasteiger partial charge on any atom is -0.370 e. The molecular formula is C19H29N5. The minimum atomic E-state index is 0.571. The highest BCUT2D eigenvalue weighted by atomic mass is 15.2. The summed E-state index contributed by atoms with van der Waals surface area (Å²) >= 11 is 0. The predicted molar refractivity (Wildman–Crippen MR) is 101 cm³/mol. The molecule has 5 heteroatoms. The molecule has 0 bridgehead atoms. The van der Waals surface area contributed by atoms with Gasteiger partial charge in [-0.05, 0) is 49.9 Å². The zero-order valence-corrected chi connectivity index (χ0v) is 14.6. The van der Waals surface area contributed by atoms with Gasteiger partial charge in [-0.1, -0.05) is 25.1 Å². The third kappa shape index (κ3) is 4.09. The predicted octanol–water partition coefficient (Wildman–Crippen LogP) is 2.42. The number of nitrogens with one attached hydrogen (secondary N) is 1. The summed E-state index contributed by atoms with van der Waals surface area (Å²) < 4.78 is 2.29. The second-order valence-corrected chi connectivity index (χ2v) is 6.50. The monoisotopic (exact) mass is 327 g/mol. The molecular weight excluding hydrogens is 298 g/mol. The summed E-state index contributed by atoms with van der Waals surface area (Å²) in [7, 11) is 0. The van der Waals surface area contributed by atoms with E-state index in [9.17, 15) is 0 Å². The van der Waals surface area contributed by atoms with Crippen molar-refractivity contribution >= 4 is 16.9 Å². The third-order valence-corrected chi connectivity index (χ3v) is 4.94. The van der Waals surface area contributed by atoms with Gasteiger partial charge in [-0.15, -0.1) is 0 Å². The van der Waals surface area contributed by atoms with E-state index >= 15 is 0 Å². The molecule has 1 fully saturated rings. The van der Waals surface area contributed by atoms with Crippen LogP contribution in [0.2, 0.25) is 0 Å². The van der Waals surface area contributed by atoms with Crippen LogP contribution in [-0.2, 0) is 6.54 Å². The zero-order chi connectivity index (χ0) is 16.8. The Morgan fingerprint density at radius 3 is 3.08 bits per heavy atom. The van der Waals surface area contributed by atoms with E-state index in [1.54, 1.807) is 0 Å². The fourth-order valence-electron chi connectivity index (χ4n) is 3.58. The molecule has 1 saturated heterocycles. The maximum absolute atomic E-state index is 6.00. The normalized spacial score (nSPS) is 19.2. The van der Waals surface area contributed by atoms with Gasteiger partial charge in [0, 0.05) is 30.8 Å². The van der Waals surface area contributed by atoms with Gasteiger partial charge in [0.2, 0.25) is 0 Å². The topological polar surface area (TPSA) is 58.6 Å². The van der Waals surface area contributed by atoms with Crippen molar-refractivity contribution in [2.45, 2.75) is 38.8 Å². The van der Waals surface area contributed by atoms with Crippen LogP contribution in [0.5, 0.6) is 0 Å². The lowest BCUT2D eigenvalue weighted by Gasteiger charge is -2.20. The Bertz CT molecular complexity index is 675. The molecule has 1 atom stereocenters. The summed E-state index contributed by atoms with van der Waals surface area (Å²) in [5.74, 6) is 0.579. The van der Waals surface area contributed by atoms with Crippen LogP contribution in [-0.4, -0.2) is 47.6 Å². The van der Waals surface area contributed by atoms with Crippen molar-refractivity contribution in [3.05, 3.63) is 36.5 Å². The second kappa shape index (κ2) is 8.20. The van der Waals surface area contributed by atoms with Crippen LogP contribution in [0, 0.1) is 0 Å². The lowest BCUT2D eigenvalue weighted by atomic mass is 10.2.